The highest BCUT2D eigenvalue weighted by Crippen LogP contribution is 2.24. The zero-order valence-corrected chi connectivity index (χ0v) is 24.6. The summed E-state index contributed by atoms with van der Waals surface area (Å²) in [6.45, 7) is -0.517. The van der Waals surface area contributed by atoms with Gasteiger partial charge in [0.05, 0.1) is 35.6 Å². The molecule has 3 aromatic rings. The minimum absolute atomic E-state index is 0.0318. The van der Waals surface area contributed by atoms with E-state index < -0.39 is 40.0 Å². The van der Waals surface area contributed by atoms with Crippen LogP contribution in [0.15, 0.2) is 93.0 Å². The van der Waals surface area contributed by atoms with E-state index in [9.17, 15) is 22.0 Å². The lowest BCUT2D eigenvalue weighted by Crippen LogP contribution is -2.35. The zero-order chi connectivity index (χ0) is 30.7. The highest BCUT2D eigenvalue weighted by Gasteiger charge is 2.30. The second kappa shape index (κ2) is 15.2. The number of nitrogens with zero attached hydrogens (tertiary/aromatic N) is 7. The summed E-state index contributed by atoms with van der Waals surface area (Å²) < 4.78 is 58.7. The second-order valence-corrected chi connectivity index (χ2v) is 11.8. The van der Waals surface area contributed by atoms with Gasteiger partial charge in [-0.05, 0) is 78.2 Å². The first-order valence-electron chi connectivity index (χ1n) is 12.3. The summed E-state index contributed by atoms with van der Waals surface area (Å²) in [6, 6.07) is 19.0. The number of carbonyl (C=O) groups excluding carboxylic acids is 1. The molecule has 0 spiro atoms. The summed E-state index contributed by atoms with van der Waals surface area (Å²) in [5, 5.41) is 11.8. The van der Waals surface area contributed by atoms with Crippen molar-refractivity contribution in [3.05, 3.63) is 94.4 Å². The highest BCUT2D eigenvalue weighted by atomic mass is 32.3. The molecule has 0 aromatic heterocycles. The van der Waals surface area contributed by atoms with Crippen LogP contribution in [0.25, 0.3) is 10.4 Å². The van der Waals surface area contributed by atoms with Crippen LogP contribution in [0.3, 0.4) is 0 Å². The fourth-order valence-electron chi connectivity index (χ4n) is 3.51. The maximum Gasteiger partial charge on any atom is 0.337 e. The van der Waals surface area contributed by atoms with Gasteiger partial charge in [-0.15, -0.1) is 0 Å². The summed E-state index contributed by atoms with van der Waals surface area (Å²) in [4.78, 5) is 16.0. The SMILES string of the molecule is COC(=O)c1ccc(COC(CCN(S(=O)O)S(=O)(=O)c2ccc(N=Nc3ccc(N(C)C)cc3)cc2)N=[N+]=[N-])cc1. The predicted molar refractivity (Wildman–Crippen MR) is 156 cm³/mol. The van der Waals surface area contributed by atoms with E-state index in [1.807, 2.05) is 31.1 Å². The molecule has 16 heteroatoms. The van der Waals surface area contributed by atoms with Crippen molar-refractivity contribution in [2.24, 2.45) is 15.3 Å². The third kappa shape index (κ3) is 8.91. The van der Waals surface area contributed by atoms with E-state index in [2.05, 4.69) is 25.0 Å². The number of esters is 1. The van der Waals surface area contributed by atoms with Crippen LogP contribution in [0, 0.1) is 0 Å². The minimum atomic E-state index is -4.42. The first kappa shape index (κ1) is 32.3. The van der Waals surface area contributed by atoms with E-state index in [0.717, 1.165) is 5.69 Å². The molecule has 42 heavy (non-hydrogen) atoms. The Labute approximate surface area is 245 Å². The van der Waals surface area contributed by atoms with Crippen LogP contribution in [0.2, 0.25) is 0 Å². The molecule has 0 saturated carbocycles. The molecule has 3 rings (SSSR count). The van der Waals surface area contributed by atoms with Crippen LogP contribution in [-0.4, -0.2) is 60.8 Å². The molecule has 0 amide bonds. The molecule has 0 radical (unpaired) electrons. The fourth-order valence-corrected chi connectivity index (χ4v) is 5.76. The van der Waals surface area contributed by atoms with Crippen molar-refractivity contribution in [3.63, 3.8) is 0 Å². The standard InChI is InChI=1S/C26H29N7O7S2/c1-32(2)23-12-8-21(9-13-23)28-29-22-10-14-24(15-11-22)42(37,38)33(41(35)36)17-16-25(30-31-27)40-18-19-4-6-20(7-5-19)26(34)39-3/h4-15,25H,16-18H2,1-3H3,(H,35,36). The van der Waals surface area contributed by atoms with E-state index in [4.69, 9.17) is 10.3 Å². The van der Waals surface area contributed by atoms with Gasteiger partial charge >= 0.3 is 5.97 Å². The van der Waals surface area contributed by atoms with E-state index in [-0.39, 0.29) is 17.9 Å². The Balaban J connectivity index is 1.65. The number of anilines is 1. The molecule has 0 heterocycles. The summed E-state index contributed by atoms with van der Waals surface area (Å²) in [5.41, 5.74) is 11.9. The first-order chi connectivity index (χ1) is 20.0. The van der Waals surface area contributed by atoms with Crippen molar-refractivity contribution in [1.29, 1.82) is 0 Å². The maximum atomic E-state index is 13.1. The van der Waals surface area contributed by atoms with Gasteiger partial charge in [-0.2, -0.15) is 10.2 Å². The third-order valence-electron chi connectivity index (χ3n) is 5.78. The number of azo groups is 1. The number of rotatable bonds is 14. The molecular weight excluding hydrogens is 586 g/mol. The zero-order valence-electron chi connectivity index (χ0n) is 23.0. The topological polar surface area (TPSA) is 187 Å². The Kier molecular flexibility index (Phi) is 11.7. The van der Waals surface area contributed by atoms with Crippen molar-refractivity contribution in [3.8, 4) is 0 Å². The highest BCUT2D eigenvalue weighted by molar-refractivity contribution is 7.99. The molecule has 3 aromatic carbocycles. The second-order valence-electron chi connectivity index (χ2n) is 8.81. The summed E-state index contributed by atoms with van der Waals surface area (Å²) in [7, 11) is 0.686. The molecule has 2 atom stereocenters. The number of sulfonamides is 1. The number of ether oxygens (including phenoxy) is 2. The Morgan fingerprint density at radius 2 is 1.57 bits per heavy atom. The van der Waals surface area contributed by atoms with Gasteiger partial charge < -0.3 is 14.4 Å². The normalized spacial score (nSPS) is 13.0. The number of azide groups is 1. The quantitative estimate of drug-likeness (QED) is 0.0828. The fraction of sp³-hybridized carbons (Fsp3) is 0.269. The van der Waals surface area contributed by atoms with Crippen LogP contribution in [0.1, 0.15) is 22.3 Å². The molecule has 0 aliphatic rings. The summed E-state index contributed by atoms with van der Waals surface area (Å²) in [6.07, 6.45) is -1.36. The van der Waals surface area contributed by atoms with Gasteiger partial charge in [0.1, 0.15) is 6.23 Å². The molecular formula is C26H29N7O7S2. The lowest BCUT2D eigenvalue weighted by molar-refractivity contribution is 0.0388. The van der Waals surface area contributed by atoms with Crippen molar-refractivity contribution < 1.29 is 31.4 Å². The van der Waals surface area contributed by atoms with Gasteiger partial charge in [-0.1, -0.05) is 21.0 Å². The van der Waals surface area contributed by atoms with E-state index in [1.54, 1.807) is 24.3 Å². The molecule has 14 nitrogen and oxygen atoms in total. The number of carbonyl (C=O) groups is 1. The van der Waals surface area contributed by atoms with E-state index in [1.165, 1.54) is 43.5 Å². The van der Waals surface area contributed by atoms with E-state index in [0.29, 0.717) is 26.2 Å². The van der Waals surface area contributed by atoms with Crippen LogP contribution in [0.4, 0.5) is 17.1 Å². The molecule has 0 bridgehead atoms. The van der Waals surface area contributed by atoms with Crippen LogP contribution >= 0.6 is 0 Å². The van der Waals surface area contributed by atoms with Crippen molar-refractivity contribution >= 4 is 44.3 Å². The number of hydrogen-bond acceptors (Lipinski definition) is 10. The Bertz CT molecular complexity index is 1560. The molecule has 0 fully saturated rings. The smallest absolute Gasteiger partial charge is 0.337 e. The average Bonchev–Trinajstić information content (AvgIpc) is 2.98. The molecule has 1 N–H and O–H groups in total. The molecule has 0 aliphatic heterocycles. The van der Waals surface area contributed by atoms with Crippen molar-refractivity contribution in [2.75, 3.05) is 32.6 Å². The van der Waals surface area contributed by atoms with Crippen molar-refractivity contribution in [2.45, 2.75) is 24.2 Å². The van der Waals surface area contributed by atoms with Crippen molar-refractivity contribution in [1.82, 2.24) is 3.71 Å². The molecule has 2 unspecified atom stereocenters. The summed E-state index contributed by atoms with van der Waals surface area (Å²) >= 11 is -2.92. The van der Waals surface area contributed by atoms with Gasteiger partial charge in [-0.3, -0.25) is 4.55 Å². The summed E-state index contributed by atoms with van der Waals surface area (Å²) in [5.74, 6) is -0.502. The van der Waals surface area contributed by atoms with Crippen LogP contribution in [0.5, 0.6) is 0 Å². The van der Waals surface area contributed by atoms with Gasteiger partial charge in [0.2, 0.25) is 11.3 Å². The molecule has 222 valence electrons. The molecule has 0 aliphatic carbocycles. The van der Waals surface area contributed by atoms with Crippen LogP contribution < -0.4 is 4.90 Å². The monoisotopic (exact) mass is 615 g/mol. The average molecular weight is 616 g/mol. The van der Waals surface area contributed by atoms with Crippen LogP contribution in [-0.2, 0) is 37.4 Å². The van der Waals surface area contributed by atoms with E-state index >= 15 is 0 Å². The number of hydrogen-bond donors (Lipinski definition) is 1. The maximum absolute atomic E-state index is 13.1. The van der Waals surface area contributed by atoms with Gasteiger partial charge in [-0.25, -0.2) is 17.4 Å². The Morgan fingerprint density at radius 3 is 2.07 bits per heavy atom. The first-order valence-corrected chi connectivity index (χ1v) is 14.8. The third-order valence-corrected chi connectivity index (χ3v) is 8.87. The van der Waals surface area contributed by atoms with Gasteiger partial charge in [0, 0.05) is 31.2 Å². The largest absolute Gasteiger partial charge is 0.465 e. The number of methoxy groups -OCH3 is 1. The predicted octanol–water partition coefficient (Wildman–Crippen LogP) is 5.33. The number of benzene rings is 3. The van der Waals surface area contributed by atoms with Gasteiger partial charge in [0.25, 0.3) is 10.0 Å². The Morgan fingerprint density at radius 1 is 1.00 bits per heavy atom. The molecule has 0 saturated heterocycles. The minimum Gasteiger partial charge on any atom is -0.465 e. The Hall–Kier alpha value is -4.18. The lowest BCUT2D eigenvalue weighted by Gasteiger charge is -2.20. The lowest BCUT2D eigenvalue weighted by atomic mass is 10.1. The van der Waals surface area contributed by atoms with Gasteiger partial charge in [0.15, 0.2) is 0 Å².